The summed E-state index contributed by atoms with van der Waals surface area (Å²) < 4.78 is 7.32. The van der Waals surface area contributed by atoms with E-state index in [1.807, 2.05) is 59.3 Å². The molecule has 0 spiro atoms. The zero-order chi connectivity index (χ0) is 16.2. The number of ether oxygens (including phenoxy) is 1. The molecule has 0 aliphatic carbocycles. The monoisotopic (exact) mass is 306 g/mol. The topological polar surface area (TPSA) is 76.9 Å². The number of benzene rings is 2. The number of nitrogens with zero attached hydrogens (tertiary/aromatic N) is 2. The Balaban J connectivity index is 1.97. The van der Waals surface area contributed by atoms with E-state index in [2.05, 4.69) is 4.98 Å². The van der Waals surface area contributed by atoms with Gasteiger partial charge in [0.25, 0.3) is 0 Å². The number of amidine groups is 1. The number of rotatable bonds is 5. The lowest BCUT2D eigenvalue weighted by molar-refractivity contribution is 0.415. The number of hydrogen-bond donors (Lipinski definition) is 2. The quantitative estimate of drug-likeness (QED) is 0.562. The van der Waals surface area contributed by atoms with Crippen molar-refractivity contribution in [2.24, 2.45) is 5.73 Å². The van der Waals surface area contributed by atoms with E-state index in [0.29, 0.717) is 6.54 Å². The predicted octanol–water partition coefficient (Wildman–Crippen LogP) is 2.89. The lowest BCUT2D eigenvalue weighted by Gasteiger charge is -2.12. The fourth-order valence-electron chi connectivity index (χ4n) is 2.56. The second kappa shape index (κ2) is 6.36. The summed E-state index contributed by atoms with van der Waals surface area (Å²) in [7, 11) is 1.65. The van der Waals surface area contributed by atoms with Gasteiger partial charge in [0, 0.05) is 30.1 Å². The average molecular weight is 306 g/mol. The van der Waals surface area contributed by atoms with E-state index in [-0.39, 0.29) is 5.84 Å². The number of aromatic nitrogens is 2. The highest BCUT2D eigenvalue weighted by Crippen LogP contribution is 2.23. The molecule has 0 aliphatic heterocycles. The fourth-order valence-corrected chi connectivity index (χ4v) is 2.56. The van der Waals surface area contributed by atoms with Gasteiger partial charge in [-0.25, -0.2) is 4.98 Å². The summed E-state index contributed by atoms with van der Waals surface area (Å²) in [5, 5.41) is 7.71. The molecule has 1 aromatic heterocycles. The lowest BCUT2D eigenvalue weighted by atomic mass is 10.1. The van der Waals surface area contributed by atoms with E-state index in [4.69, 9.17) is 15.9 Å². The largest absolute Gasteiger partial charge is 0.497 e. The van der Waals surface area contributed by atoms with Crippen LogP contribution in [0, 0.1) is 5.41 Å². The molecule has 5 nitrogen and oxygen atoms in total. The number of methoxy groups -OCH3 is 1. The van der Waals surface area contributed by atoms with Crippen LogP contribution in [0.1, 0.15) is 11.1 Å². The Labute approximate surface area is 134 Å². The second-order valence-corrected chi connectivity index (χ2v) is 5.18. The zero-order valence-electron chi connectivity index (χ0n) is 12.9. The number of nitrogen functional groups attached to an aromatic ring is 1. The van der Waals surface area contributed by atoms with Crippen LogP contribution in [0.25, 0.3) is 11.4 Å². The van der Waals surface area contributed by atoms with Crippen molar-refractivity contribution in [2.45, 2.75) is 6.54 Å². The first-order valence-electron chi connectivity index (χ1n) is 7.27. The van der Waals surface area contributed by atoms with Gasteiger partial charge >= 0.3 is 0 Å². The van der Waals surface area contributed by atoms with Crippen molar-refractivity contribution in [1.29, 1.82) is 5.41 Å². The van der Waals surface area contributed by atoms with Crippen LogP contribution in [0.15, 0.2) is 60.9 Å². The minimum atomic E-state index is 0.0728. The van der Waals surface area contributed by atoms with Crippen LogP contribution >= 0.6 is 0 Å². The van der Waals surface area contributed by atoms with Crippen LogP contribution in [0.5, 0.6) is 5.75 Å². The Kier molecular flexibility index (Phi) is 4.10. The van der Waals surface area contributed by atoms with Crippen LogP contribution in [-0.2, 0) is 6.54 Å². The van der Waals surface area contributed by atoms with Crippen molar-refractivity contribution >= 4 is 5.84 Å². The summed E-state index contributed by atoms with van der Waals surface area (Å²) in [4.78, 5) is 4.46. The van der Waals surface area contributed by atoms with Crippen molar-refractivity contribution in [3.05, 3.63) is 72.1 Å². The molecule has 0 amide bonds. The first kappa shape index (κ1) is 14.8. The van der Waals surface area contributed by atoms with Gasteiger partial charge in [-0.15, -0.1) is 0 Å². The van der Waals surface area contributed by atoms with E-state index in [1.165, 1.54) is 0 Å². The Morgan fingerprint density at radius 3 is 2.83 bits per heavy atom. The summed E-state index contributed by atoms with van der Waals surface area (Å²) in [5.41, 5.74) is 8.39. The summed E-state index contributed by atoms with van der Waals surface area (Å²) >= 11 is 0. The van der Waals surface area contributed by atoms with E-state index >= 15 is 0 Å². The third-order valence-electron chi connectivity index (χ3n) is 3.69. The average Bonchev–Trinajstić information content (AvgIpc) is 3.03. The molecule has 0 saturated heterocycles. The summed E-state index contributed by atoms with van der Waals surface area (Å²) in [6.45, 7) is 0.600. The minimum Gasteiger partial charge on any atom is -0.497 e. The second-order valence-electron chi connectivity index (χ2n) is 5.18. The molecule has 2 aromatic carbocycles. The molecule has 3 rings (SSSR count). The normalized spacial score (nSPS) is 10.5. The van der Waals surface area contributed by atoms with Crippen molar-refractivity contribution in [3.8, 4) is 17.1 Å². The first-order chi connectivity index (χ1) is 11.2. The molecule has 0 saturated carbocycles. The third-order valence-corrected chi connectivity index (χ3v) is 3.69. The molecule has 0 bridgehead atoms. The van der Waals surface area contributed by atoms with E-state index in [1.54, 1.807) is 13.3 Å². The highest BCUT2D eigenvalue weighted by molar-refractivity contribution is 5.96. The van der Waals surface area contributed by atoms with Crippen molar-refractivity contribution in [2.75, 3.05) is 7.11 Å². The molecule has 0 radical (unpaired) electrons. The van der Waals surface area contributed by atoms with Gasteiger partial charge in [-0.05, 0) is 17.7 Å². The number of nitrogens with two attached hydrogens (primary N) is 1. The maximum Gasteiger partial charge on any atom is 0.140 e. The zero-order valence-corrected chi connectivity index (χ0v) is 12.9. The minimum absolute atomic E-state index is 0.0728. The molecule has 5 heteroatoms. The van der Waals surface area contributed by atoms with Crippen LogP contribution in [0.3, 0.4) is 0 Å². The van der Waals surface area contributed by atoms with Gasteiger partial charge in [-0.2, -0.15) is 0 Å². The molecule has 116 valence electrons. The Morgan fingerprint density at radius 2 is 2.04 bits per heavy atom. The van der Waals surface area contributed by atoms with E-state index < -0.39 is 0 Å². The third kappa shape index (κ3) is 3.08. The van der Waals surface area contributed by atoms with Crippen LogP contribution in [0.4, 0.5) is 0 Å². The fraction of sp³-hybridized carbons (Fsp3) is 0.111. The molecule has 3 aromatic rings. The number of nitrogens with one attached hydrogen (secondary N) is 1. The Morgan fingerprint density at radius 1 is 1.22 bits per heavy atom. The van der Waals surface area contributed by atoms with Gasteiger partial charge < -0.3 is 15.0 Å². The van der Waals surface area contributed by atoms with Gasteiger partial charge in [0.05, 0.1) is 7.11 Å². The molecule has 0 atom stereocenters. The smallest absolute Gasteiger partial charge is 0.140 e. The maximum absolute atomic E-state index is 7.71. The first-order valence-corrected chi connectivity index (χ1v) is 7.27. The van der Waals surface area contributed by atoms with Gasteiger partial charge in [0.15, 0.2) is 0 Å². The van der Waals surface area contributed by atoms with Gasteiger partial charge in [-0.1, -0.05) is 36.4 Å². The van der Waals surface area contributed by atoms with Crippen LogP contribution in [-0.4, -0.2) is 22.5 Å². The lowest BCUT2D eigenvalue weighted by Crippen LogP contribution is -2.15. The van der Waals surface area contributed by atoms with Crippen molar-refractivity contribution < 1.29 is 4.74 Å². The molecular formula is C18H18N4O. The van der Waals surface area contributed by atoms with Gasteiger partial charge in [0.1, 0.15) is 17.4 Å². The Bertz CT molecular complexity index is 838. The molecule has 0 fully saturated rings. The SMILES string of the molecule is COc1cccc(-c2nccn2Cc2ccccc2C(=N)N)c1. The highest BCUT2D eigenvalue weighted by atomic mass is 16.5. The van der Waals surface area contributed by atoms with Crippen molar-refractivity contribution in [1.82, 2.24) is 9.55 Å². The Hall–Kier alpha value is -3.08. The summed E-state index contributed by atoms with van der Waals surface area (Å²) in [5.74, 6) is 1.71. The van der Waals surface area contributed by atoms with Crippen molar-refractivity contribution in [3.63, 3.8) is 0 Å². The van der Waals surface area contributed by atoms with Gasteiger partial charge in [0.2, 0.25) is 0 Å². The molecule has 1 heterocycles. The molecule has 0 unspecified atom stereocenters. The highest BCUT2D eigenvalue weighted by Gasteiger charge is 2.10. The predicted molar refractivity (Wildman–Crippen MR) is 90.8 cm³/mol. The molecule has 3 N–H and O–H groups in total. The molecule has 23 heavy (non-hydrogen) atoms. The van der Waals surface area contributed by atoms with Crippen LogP contribution in [0.2, 0.25) is 0 Å². The standard InChI is InChI=1S/C18H18N4O/c1-23-15-7-4-6-13(11-15)18-21-9-10-22(18)12-14-5-2-3-8-16(14)17(19)20/h2-11H,12H2,1H3,(H3,19,20). The number of imidazole rings is 1. The van der Waals surface area contributed by atoms with E-state index in [9.17, 15) is 0 Å². The van der Waals surface area contributed by atoms with Crippen LogP contribution < -0.4 is 10.5 Å². The molecule has 0 aliphatic rings. The number of hydrogen-bond acceptors (Lipinski definition) is 3. The van der Waals surface area contributed by atoms with E-state index in [0.717, 1.165) is 28.3 Å². The summed E-state index contributed by atoms with van der Waals surface area (Å²) in [6, 6.07) is 15.5. The van der Waals surface area contributed by atoms with Gasteiger partial charge in [-0.3, -0.25) is 5.41 Å². The summed E-state index contributed by atoms with van der Waals surface area (Å²) in [6.07, 6.45) is 3.69. The molecular weight excluding hydrogens is 288 g/mol. The maximum atomic E-state index is 7.71.